The highest BCUT2D eigenvalue weighted by Gasteiger charge is 2.14. The molecule has 1 unspecified atom stereocenters. The smallest absolute Gasteiger partial charge is 0.106 e. The van der Waals surface area contributed by atoms with Crippen molar-refractivity contribution in [3.05, 3.63) is 53.7 Å². The summed E-state index contributed by atoms with van der Waals surface area (Å²) in [6, 6.07) is 8.16. The Bertz CT molecular complexity index is 792. The van der Waals surface area contributed by atoms with E-state index in [0.717, 1.165) is 39.2 Å². The SMILES string of the molecule is Cc1cc(C(C)Nc2ccc3cnccc3c2N)c(C)o1. The standard InChI is InChI=1S/C17H19N3O/c1-10-8-15(12(3)21-10)11(2)20-16-5-4-13-9-19-7-6-14(13)17(16)18/h4-9,11,20H,18H2,1-3H3. The molecule has 0 aliphatic rings. The lowest BCUT2D eigenvalue weighted by atomic mass is 10.1. The average Bonchev–Trinajstić information content (AvgIpc) is 2.81. The lowest BCUT2D eigenvalue weighted by molar-refractivity contribution is 0.500. The van der Waals surface area contributed by atoms with Crippen LogP contribution in [-0.2, 0) is 0 Å². The van der Waals surface area contributed by atoms with E-state index in [9.17, 15) is 0 Å². The monoisotopic (exact) mass is 281 g/mol. The minimum Gasteiger partial charge on any atom is -0.466 e. The number of hydrogen-bond donors (Lipinski definition) is 2. The Kier molecular flexibility index (Phi) is 3.29. The van der Waals surface area contributed by atoms with Crippen molar-refractivity contribution in [3.8, 4) is 0 Å². The largest absolute Gasteiger partial charge is 0.466 e. The Morgan fingerprint density at radius 3 is 2.76 bits per heavy atom. The summed E-state index contributed by atoms with van der Waals surface area (Å²) in [5.74, 6) is 1.87. The lowest BCUT2D eigenvalue weighted by Crippen LogP contribution is -2.08. The molecule has 0 saturated heterocycles. The predicted molar refractivity (Wildman–Crippen MR) is 86.4 cm³/mol. The molecule has 4 heteroatoms. The van der Waals surface area contributed by atoms with Crippen molar-refractivity contribution in [3.63, 3.8) is 0 Å². The zero-order valence-corrected chi connectivity index (χ0v) is 12.5. The van der Waals surface area contributed by atoms with E-state index in [1.807, 2.05) is 38.2 Å². The van der Waals surface area contributed by atoms with Crippen LogP contribution in [0.2, 0.25) is 0 Å². The highest BCUT2D eigenvalue weighted by molar-refractivity contribution is 5.98. The fourth-order valence-corrected chi connectivity index (χ4v) is 2.71. The number of nitrogens with one attached hydrogen (secondary N) is 1. The zero-order valence-electron chi connectivity index (χ0n) is 12.5. The van der Waals surface area contributed by atoms with Crippen LogP contribution < -0.4 is 11.1 Å². The number of hydrogen-bond acceptors (Lipinski definition) is 4. The van der Waals surface area contributed by atoms with Gasteiger partial charge in [-0.05, 0) is 39.0 Å². The summed E-state index contributed by atoms with van der Waals surface area (Å²) in [5, 5.41) is 5.53. The van der Waals surface area contributed by atoms with E-state index in [1.165, 1.54) is 0 Å². The second-order valence-corrected chi connectivity index (χ2v) is 5.36. The van der Waals surface area contributed by atoms with Gasteiger partial charge in [-0.3, -0.25) is 4.98 Å². The number of benzene rings is 1. The van der Waals surface area contributed by atoms with Crippen LogP contribution in [0.5, 0.6) is 0 Å². The minimum absolute atomic E-state index is 0.129. The summed E-state index contributed by atoms with van der Waals surface area (Å²) in [7, 11) is 0. The Labute approximate surface area is 124 Å². The molecule has 0 saturated carbocycles. The molecular formula is C17H19N3O. The van der Waals surface area contributed by atoms with Gasteiger partial charge in [0, 0.05) is 28.7 Å². The summed E-state index contributed by atoms with van der Waals surface area (Å²) >= 11 is 0. The fraction of sp³-hybridized carbons (Fsp3) is 0.235. The molecule has 0 aliphatic heterocycles. The Hall–Kier alpha value is -2.49. The lowest BCUT2D eigenvalue weighted by Gasteiger charge is -2.17. The van der Waals surface area contributed by atoms with E-state index in [1.54, 1.807) is 6.20 Å². The van der Waals surface area contributed by atoms with Crippen molar-refractivity contribution in [1.29, 1.82) is 0 Å². The summed E-state index contributed by atoms with van der Waals surface area (Å²) in [5.41, 5.74) is 9.11. The maximum absolute atomic E-state index is 6.27. The van der Waals surface area contributed by atoms with Gasteiger partial charge in [0.05, 0.1) is 17.4 Å². The van der Waals surface area contributed by atoms with Crippen LogP contribution in [0, 0.1) is 13.8 Å². The van der Waals surface area contributed by atoms with Crippen LogP contribution in [0.25, 0.3) is 10.8 Å². The second-order valence-electron chi connectivity index (χ2n) is 5.36. The Morgan fingerprint density at radius 1 is 1.24 bits per heavy atom. The molecule has 3 N–H and O–H groups in total. The highest BCUT2D eigenvalue weighted by atomic mass is 16.3. The van der Waals surface area contributed by atoms with E-state index < -0.39 is 0 Å². The summed E-state index contributed by atoms with van der Waals surface area (Å²) in [6.45, 7) is 6.05. The third kappa shape index (κ3) is 2.44. The van der Waals surface area contributed by atoms with E-state index >= 15 is 0 Å². The molecule has 0 bridgehead atoms. The molecule has 3 rings (SSSR count). The third-order valence-corrected chi connectivity index (χ3v) is 3.78. The van der Waals surface area contributed by atoms with Gasteiger partial charge in [-0.15, -0.1) is 0 Å². The molecule has 0 fully saturated rings. The maximum atomic E-state index is 6.27. The number of aromatic nitrogens is 1. The molecule has 1 aromatic carbocycles. The van der Waals surface area contributed by atoms with Gasteiger partial charge >= 0.3 is 0 Å². The van der Waals surface area contributed by atoms with Gasteiger partial charge in [0.25, 0.3) is 0 Å². The maximum Gasteiger partial charge on any atom is 0.106 e. The van der Waals surface area contributed by atoms with E-state index in [4.69, 9.17) is 10.2 Å². The molecule has 0 aliphatic carbocycles. The van der Waals surface area contributed by atoms with Crippen molar-refractivity contribution in [1.82, 2.24) is 4.98 Å². The number of pyridine rings is 1. The van der Waals surface area contributed by atoms with Crippen LogP contribution in [0.3, 0.4) is 0 Å². The first kappa shape index (κ1) is 13.5. The minimum atomic E-state index is 0.129. The van der Waals surface area contributed by atoms with Gasteiger partial charge in [-0.2, -0.15) is 0 Å². The number of nitrogens with zero attached hydrogens (tertiary/aromatic N) is 1. The number of nitrogen functional groups attached to an aromatic ring is 1. The van der Waals surface area contributed by atoms with E-state index in [0.29, 0.717) is 0 Å². The first-order chi connectivity index (χ1) is 10.1. The first-order valence-electron chi connectivity index (χ1n) is 7.02. The topological polar surface area (TPSA) is 64.1 Å². The molecule has 0 amide bonds. The average molecular weight is 281 g/mol. The van der Waals surface area contributed by atoms with Crippen molar-refractivity contribution in [2.45, 2.75) is 26.8 Å². The van der Waals surface area contributed by atoms with Crippen molar-refractivity contribution >= 4 is 22.1 Å². The molecule has 0 radical (unpaired) electrons. The normalized spacial score (nSPS) is 12.5. The van der Waals surface area contributed by atoms with Gasteiger partial charge in [-0.1, -0.05) is 6.07 Å². The summed E-state index contributed by atoms with van der Waals surface area (Å²) < 4.78 is 5.59. The molecule has 2 heterocycles. The molecule has 4 nitrogen and oxygen atoms in total. The highest BCUT2D eigenvalue weighted by Crippen LogP contribution is 2.32. The Morgan fingerprint density at radius 2 is 2.05 bits per heavy atom. The van der Waals surface area contributed by atoms with Crippen LogP contribution in [0.1, 0.15) is 30.0 Å². The van der Waals surface area contributed by atoms with Gasteiger partial charge < -0.3 is 15.5 Å². The van der Waals surface area contributed by atoms with Gasteiger partial charge in [0.2, 0.25) is 0 Å². The molecule has 2 aromatic heterocycles. The molecule has 1 atom stereocenters. The van der Waals surface area contributed by atoms with Crippen LogP contribution >= 0.6 is 0 Å². The van der Waals surface area contributed by atoms with Gasteiger partial charge in [0.1, 0.15) is 11.5 Å². The predicted octanol–water partition coefficient (Wildman–Crippen LogP) is 4.20. The number of nitrogens with two attached hydrogens (primary N) is 1. The molecule has 0 spiro atoms. The zero-order chi connectivity index (χ0) is 15.0. The van der Waals surface area contributed by atoms with Crippen LogP contribution in [-0.4, -0.2) is 4.98 Å². The van der Waals surface area contributed by atoms with Crippen LogP contribution in [0.4, 0.5) is 11.4 Å². The number of anilines is 2. The summed E-state index contributed by atoms with van der Waals surface area (Å²) in [6.07, 6.45) is 3.58. The first-order valence-corrected chi connectivity index (χ1v) is 7.02. The number of aryl methyl sites for hydroxylation is 2. The Balaban J connectivity index is 1.94. The van der Waals surface area contributed by atoms with Gasteiger partial charge in [-0.25, -0.2) is 0 Å². The number of furan rings is 1. The van der Waals surface area contributed by atoms with E-state index in [-0.39, 0.29) is 6.04 Å². The van der Waals surface area contributed by atoms with Crippen LogP contribution in [0.15, 0.2) is 41.1 Å². The van der Waals surface area contributed by atoms with E-state index in [2.05, 4.69) is 23.3 Å². The van der Waals surface area contributed by atoms with Crippen molar-refractivity contribution in [2.24, 2.45) is 0 Å². The quantitative estimate of drug-likeness (QED) is 0.706. The second kappa shape index (κ2) is 5.13. The van der Waals surface area contributed by atoms with Gasteiger partial charge in [0.15, 0.2) is 0 Å². The van der Waals surface area contributed by atoms with Crippen molar-refractivity contribution in [2.75, 3.05) is 11.1 Å². The van der Waals surface area contributed by atoms with Crippen molar-refractivity contribution < 1.29 is 4.42 Å². The number of fused-ring (bicyclic) bond motifs is 1. The fourth-order valence-electron chi connectivity index (χ4n) is 2.71. The number of rotatable bonds is 3. The molecular weight excluding hydrogens is 262 g/mol. The molecule has 3 aromatic rings. The molecule has 21 heavy (non-hydrogen) atoms. The molecule has 108 valence electrons. The summed E-state index contributed by atoms with van der Waals surface area (Å²) in [4.78, 5) is 4.12. The third-order valence-electron chi connectivity index (χ3n) is 3.78.